The van der Waals surface area contributed by atoms with E-state index in [1.807, 2.05) is 37.3 Å². The zero-order chi connectivity index (χ0) is 20.6. The highest BCUT2D eigenvalue weighted by atomic mass is 16.5. The number of amides is 2. The predicted octanol–water partition coefficient (Wildman–Crippen LogP) is 3.96. The Hall–Kier alpha value is -3.02. The van der Waals surface area contributed by atoms with Gasteiger partial charge in [0.25, 0.3) is 5.91 Å². The van der Waals surface area contributed by atoms with Crippen molar-refractivity contribution in [1.29, 1.82) is 0 Å². The molecule has 6 nitrogen and oxygen atoms in total. The van der Waals surface area contributed by atoms with Gasteiger partial charge in [0.15, 0.2) is 0 Å². The molecule has 0 radical (unpaired) electrons. The largest absolute Gasteiger partial charge is 0.494 e. The molecule has 0 bridgehead atoms. The van der Waals surface area contributed by atoms with E-state index in [0.717, 1.165) is 42.9 Å². The maximum absolute atomic E-state index is 13.0. The van der Waals surface area contributed by atoms with Gasteiger partial charge in [-0.1, -0.05) is 12.1 Å². The lowest BCUT2D eigenvalue weighted by molar-refractivity contribution is -0.114. The molecule has 2 N–H and O–H groups in total. The Bertz CT molecular complexity index is 860. The lowest BCUT2D eigenvalue weighted by Gasteiger charge is -2.30. The van der Waals surface area contributed by atoms with Crippen molar-refractivity contribution >= 4 is 23.2 Å². The number of carbonyl (C=O) groups excluding carboxylic acids is 2. The van der Waals surface area contributed by atoms with Gasteiger partial charge < -0.3 is 20.3 Å². The summed E-state index contributed by atoms with van der Waals surface area (Å²) in [7, 11) is 0. The Morgan fingerprint density at radius 1 is 1.07 bits per heavy atom. The van der Waals surface area contributed by atoms with Crippen LogP contribution in [0.3, 0.4) is 0 Å². The second-order valence-corrected chi connectivity index (χ2v) is 7.22. The van der Waals surface area contributed by atoms with Crippen LogP contribution < -0.4 is 20.3 Å². The van der Waals surface area contributed by atoms with E-state index in [9.17, 15) is 9.59 Å². The zero-order valence-corrected chi connectivity index (χ0v) is 17.2. The third-order valence-corrected chi connectivity index (χ3v) is 4.92. The van der Waals surface area contributed by atoms with Crippen molar-refractivity contribution in [3.63, 3.8) is 0 Å². The first-order valence-corrected chi connectivity index (χ1v) is 10.2. The zero-order valence-electron chi connectivity index (χ0n) is 17.2. The molecule has 0 aromatic heterocycles. The molecule has 6 heteroatoms. The van der Waals surface area contributed by atoms with Crippen LogP contribution in [0.4, 0.5) is 11.4 Å². The lowest BCUT2D eigenvalue weighted by atomic mass is 10.1. The summed E-state index contributed by atoms with van der Waals surface area (Å²) in [5.74, 6) is 0.552. The number of nitrogens with zero attached hydrogens (tertiary/aromatic N) is 1. The van der Waals surface area contributed by atoms with Crippen LogP contribution in [0.15, 0.2) is 42.5 Å². The second-order valence-electron chi connectivity index (χ2n) is 7.22. The van der Waals surface area contributed by atoms with Crippen molar-refractivity contribution < 1.29 is 14.3 Å². The van der Waals surface area contributed by atoms with Crippen molar-refractivity contribution in [1.82, 2.24) is 5.32 Å². The summed E-state index contributed by atoms with van der Waals surface area (Å²) in [5, 5.41) is 5.83. The van der Waals surface area contributed by atoms with Gasteiger partial charge in [0.1, 0.15) is 5.75 Å². The Kier molecular flexibility index (Phi) is 7.11. The summed E-state index contributed by atoms with van der Waals surface area (Å²) in [5.41, 5.74) is 3.19. The van der Waals surface area contributed by atoms with Crippen LogP contribution in [0.1, 0.15) is 49.0 Å². The van der Waals surface area contributed by atoms with Gasteiger partial charge in [-0.05, 0) is 62.1 Å². The second kappa shape index (κ2) is 9.96. The number of piperidine rings is 1. The number of hydrogen-bond donors (Lipinski definition) is 2. The molecule has 1 saturated heterocycles. The molecule has 2 aromatic carbocycles. The normalized spacial score (nSPS) is 13.7. The Morgan fingerprint density at radius 2 is 1.86 bits per heavy atom. The lowest BCUT2D eigenvalue weighted by Crippen LogP contribution is -2.32. The Labute approximate surface area is 172 Å². The average molecular weight is 396 g/mol. The average Bonchev–Trinajstić information content (AvgIpc) is 2.73. The van der Waals surface area contributed by atoms with Crippen LogP contribution in [0.2, 0.25) is 0 Å². The summed E-state index contributed by atoms with van der Waals surface area (Å²) in [4.78, 5) is 26.6. The van der Waals surface area contributed by atoms with E-state index >= 15 is 0 Å². The third-order valence-electron chi connectivity index (χ3n) is 4.92. The fourth-order valence-electron chi connectivity index (χ4n) is 3.59. The minimum Gasteiger partial charge on any atom is -0.494 e. The highest BCUT2D eigenvalue weighted by Crippen LogP contribution is 2.28. The molecule has 1 aliphatic rings. The number of nitrogens with one attached hydrogen (secondary N) is 2. The molecule has 2 amide bonds. The molecule has 3 rings (SSSR count). The van der Waals surface area contributed by atoms with Gasteiger partial charge in [-0.15, -0.1) is 0 Å². The summed E-state index contributed by atoms with van der Waals surface area (Å²) in [6.45, 7) is 6.29. The molecule has 0 atom stereocenters. The SMILES string of the molecule is CCOc1cccc(CNC(=O)c2ccc(NC(C)=O)cc2N2CCCCC2)c1. The van der Waals surface area contributed by atoms with Crippen LogP contribution >= 0.6 is 0 Å². The van der Waals surface area contributed by atoms with Gasteiger partial charge in [0, 0.05) is 32.2 Å². The van der Waals surface area contributed by atoms with Gasteiger partial charge in [-0.25, -0.2) is 0 Å². The Morgan fingerprint density at radius 3 is 2.59 bits per heavy atom. The maximum atomic E-state index is 13.0. The molecule has 0 aliphatic carbocycles. The van der Waals surface area contributed by atoms with Gasteiger partial charge in [0.2, 0.25) is 5.91 Å². The summed E-state index contributed by atoms with van der Waals surface area (Å²) in [6.07, 6.45) is 3.42. The van der Waals surface area contributed by atoms with Gasteiger partial charge in [-0.2, -0.15) is 0 Å². The van der Waals surface area contributed by atoms with E-state index in [2.05, 4.69) is 15.5 Å². The predicted molar refractivity (Wildman–Crippen MR) is 116 cm³/mol. The number of benzene rings is 2. The first-order valence-electron chi connectivity index (χ1n) is 10.2. The number of anilines is 2. The maximum Gasteiger partial charge on any atom is 0.253 e. The highest BCUT2D eigenvalue weighted by molar-refractivity contribution is 6.01. The summed E-state index contributed by atoms with van der Waals surface area (Å²) < 4.78 is 5.53. The summed E-state index contributed by atoms with van der Waals surface area (Å²) in [6, 6.07) is 13.2. The van der Waals surface area contributed by atoms with Crippen LogP contribution in [-0.4, -0.2) is 31.5 Å². The molecule has 154 valence electrons. The molecular formula is C23H29N3O3. The number of hydrogen-bond acceptors (Lipinski definition) is 4. The molecule has 1 heterocycles. The van der Waals surface area contributed by atoms with E-state index in [0.29, 0.717) is 24.4 Å². The fraction of sp³-hybridized carbons (Fsp3) is 0.391. The molecular weight excluding hydrogens is 366 g/mol. The van der Waals surface area contributed by atoms with E-state index in [-0.39, 0.29) is 11.8 Å². The van der Waals surface area contributed by atoms with E-state index in [1.54, 1.807) is 12.1 Å². The van der Waals surface area contributed by atoms with Crippen LogP contribution in [0, 0.1) is 0 Å². The molecule has 29 heavy (non-hydrogen) atoms. The van der Waals surface area contributed by atoms with Crippen LogP contribution in [0.25, 0.3) is 0 Å². The van der Waals surface area contributed by atoms with Crippen molar-refractivity contribution in [2.75, 3.05) is 29.9 Å². The first kappa shape index (κ1) is 20.7. The number of ether oxygens (including phenoxy) is 1. The Balaban J connectivity index is 1.77. The minimum absolute atomic E-state index is 0.123. The van der Waals surface area contributed by atoms with Crippen LogP contribution in [-0.2, 0) is 11.3 Å². The van der Waals surface area contributed by atoms with Crippen molar-refractivity contribution in [3.05, 3.63) is 53.6 Å². The third kappa shape index (κ3) is 5.73. The number of rotatable bonds is 7. The van der Waals surface area contributed by atoms with Gasteiger partial charge >= 0.3 is 0 Å². The molecule has 1 fully saturated rings. The smallest absolute Gasteiger partial charge is 0.253 e. The molecule has 1 aliphatic heterocycles. The molecule has 0 unspecified atom stereocenters. The monoisotopic (exact) mass is 395 g/mol. The number of carbonyl (C=O) groups is 2. The van der Waals surface area contributed by atoms with Crippen molar-refractivity contribution in [2.24, 2.45) is 0 Å². The standard InChI is InChI=1S/C23H29N3O3/c1-3-29-20-9-7-8-18(14-20)16-24-23(28)21-11-10-19(25-17(2)27)15-22(21)26-12-5-4-6-13-26/h7-11,14-15H,3-6,12-13,16H2,1-2H3,(H,24,28)(H,25,27). The topological polar surface area (TPSA) is 70.7 Å². The van der Waals surface area contributed by atoms with Gasteiger partial charge in [0.05, 0.1) is 17.9 Å². The van der Waals surface area contributed by atoms with Gasteiger partial charge in [-0.3, -0.25) is 9.59 Å². The fourth-order valence-corrected chi connectivity index (χ4v) is 3.59. The minimum atomic E-state index is -0.124. The molecule has 0 saturated carbocycles. The highest BCUT2D eigenvalue weighted by Gasteiger charge is 2.19. The van der Waals surface area contributed by atoms with Crippen molar-refractivity contribution in [2.45, 2.75) is 39.7 Å². The molecule has 0 spiro atoms. The van der Waals surface area contributed by atoms with E-state index in [1.165, 1.54) is 13.3 Å². The van der Waals surface area contributed by atoms with E-state index < -0.39 is 0 Å². The quantitative estimate of drug-likeness (QED) is 0.744. The summed E-state index contributed by atoms with van der Waals surface area (Å²) >= 11 is 0. The van der Waals surface area contributed by atoms with E-state index in [4.69, 9.17) is 4.74 Å². The first-order chi connectivity index (χ1) is 14.1. The van der Waals surface area contributed by atoms with Crippen molar-refractivity contribution in [3.8, 4) is 5.75 Å². The van der Waals surface area contributed by atoms with Crippen LogP contribution in [0.5, 0.6) is 5.75 Å². The molecule has 2 aromatic rings.